The van der Waals surface area contributed by atoms with Gasteiger partial charge in [0.25, 0.3) is 0 Å². The molecule has 0 saturated heterocycles. The molecule has 1 N–H and O–H groups in total. The number of rotatable bonds is 3. The molecular weight excluding hydrogens is 303 g/mol. The predicted molar refractivity (Wildman–Crippen MR) is 74.6 cm³/mol. The second kappa shape index (κ2) is 11.9. The standard InChI is InChI=1S/C12H20NO2.C2H6.Y.H2/c1-7-8-10(9(2)3)13-11(14)15-12(4,5)6;1-2;;/h1,7-9H,2-6H3,(H,13,14);1-2H3;;1H/q-1;;;/b10-8+;;;. The first-order valence-electron chi connectivity index (χ1n) is 6.01. The van der Waals surface area contributed by atoms with E-state index in [4.69, 9.17) is 11.3 Å². The van der Waals surface area contributed by atoms with Crippen LogP contribution in [0.25, 0.3) is 0 Å². The molecule has 1 amide bonds. The zero-order chi connectivity index (χ0) is 14.1. The van der Waals surface area contributed by atoms with Gasteiger partial charge in [-0.25, -0.2) is 10.9 Å². The van der Waals surface area contributed by atoms with Gasteiger partial charge in [0.1, 0.15) is 5.60 Å². The summed E-state index contributed by atoms with van der Waals surface area (Å²) in [7, 11) is 0. The van der Waals surface area contributed by atoms with Gasteiger partial charge in [-0.05, 0) is 26.7 Å². The molecule has 0 aliphatic heterocycles. The average Bonchev–Trinajstić information content (AvgIpc) is 2.17. The summed E-state index contributed by atoms with van der Waals surface area (Å²) in [5.74, 6) is 0.192. The molecule has 18 heavy (non-hydrogen) atoms. The van der Waals surface area contributed by atoms with Crippen LogP contribution in [-0.2, 0) is 37.4 Å². The van der Waals surface area contributed by atoms with E-state index in [1.54, 1.807) is 6.08 Å². The number of alkyl carbamates (subject to hydrolysis) is 1. The second-order valence-corrected chi connectivity index (χ2v) is 4.60. The molecule has 0 aliphatic rings. The topological polar surface area (TPSA) is 38.3 Å². The van der Waals surface area contributed by atoms with E-state index < -0.39 is 11.7 Å². The number of carbonyl (C=O) groups excluding carboxylic acids is 1. The number of hydrogen-bond acceptors (Lipinski definition) is 2. The molecular formula is C14H28NO2Y-. The van der Waals surface area contributed by atoms with Crippen LogP contribution in [0.2, 0.25) is 0 Å². The van der Waals surface area contributed by atoms with Gasteiger partial charge in [0, 0.05) is 34.1 Å². The minimum atomic E-state index is -0.487. The summed E-state index contributed by atoms with van der Waals surface area (Å²) < 4.78 is 5.12. The number of amides is 1. The molecule has 0 aliphatic carbocycles. The van der Waals surface area contributed by atoms with Gasteiger partial charge < -0.3 is 10.1 Å². The van der Waals surface area contributed by atoms with Gasteiger partial charge in [0.2, 0.25) is 0 Å². The quantitative estimate of drug-likeness (QED) is 0.618. The van der Waals surface area contributed by atoms with Crippen LogP contribution in [0.5, 0.6) is 0 Å². The summed E-state index contributed by atoms with van der Waals surface area (Å²) in [4.78, 5) is 11.4. The van der Waals surface area contributed by atoms with E-state index in [0.29, 0.717) is 0 Å². The van der Waals surface area contributed by atoms with Crippen LogP contribution in [-0.4, -0.2) is 11.7 Å². The van der Waals surface area contributed by atoms with E-state index in [-0.39, 0.29) is 40.1 Å². The molecule has 105 valence electrons. The first kappa shape index (κ1) is 23.0. The number of allylic oxidation sites excluding steroid dienone is 3. The Morgan fingerprint density at radius 3 is 2.06 bits per heavy atom. The number of carbonyl (C=O) groups is 1. The van der Waals surface area contributed by atoms with Crippen molar-refractivity contribution in [3.05, 3.63) is 24.4 Å². The molecule has 0 fully saturated rings. The molecule has 0 unspecified atom stereocenters. The Morgan fingerprint density at radius 1 is 1.33 bits per heavy atom. The van der Waals surface area contributed by atoms with Crippen LogP contribution < -0.4 is 5.32 Å². The van der Waals surface area contributed by atoms with Crippen LogP contribution in [0.3, 0.4) is 0 Å². The van der Waals surface area contributed by atoms with Crippen molar-refractivity contribution >= 4 is 6.09 Å². The number of ether oxygens (including phenoxy) is 1. The van der Waals surface area contributed by atoms with Crippen molar-refractivity contribution in [1.82, 2.24) is 5.32 Å². The third kappa shape index (κ3) is 13.9. The SMILES string of the molecule is CC.[CH-]=C/C=C(/NC(=O)OC(C)(C)C)C(C)C.[HH].[Y]. The Balaban J connectivity index is -0.000000267. The normalized spacial score (nSPS) is 10.8. The predicted octanol–water partition coefficient (Wildman–Crippen LogP) is 4.31. The van der Waals surface area contributed by atoms with E-state index in [9.17, 15) is 4.79 Å². The molecule has 4 heteroatoms. The van der Waals surface area contributed by atoms with Gasteiger partial charge >= 0.3 is 6.09 Å². The smallest absolute Gasteiger partial charge is 0.410 e. The van der Waals surface area contributed by atoms with Crippen LogP contribution in [0.1, 0.15) is 49.9 Å². The number of hydrogen-bond donors (Lipinski definition) is 1. The van der Waals surface area contributed by atoms with Crippen molar-refractivity contribution in [2.24, 2.45) is 5.92 Å². The Labute approximate surface area is 139 Å². The van der Waals surface area contributed by atoms with Crippen molar-refractivity contribution in [2.75, 3.05) is 0 Å². The average molecular weight is 331 g/mol. The molecule has 1 radical (unpaired) electrons. The summed E-state index contributed by atoms with van der Waals surface area (Å²) in [6.07, 6.45) is 2.60. The van der Waals surface area contributed by atoms with Gasteiger partial charge in [0.15, 0.2) is 0 Å². The van der Waals surface area contributed by atoms with Crippen molar-refractivity contribution < 1.29 is 43.7 Å². The van der Waals surface area contributed by atoms with Crippen molar-refractivity contribution in [3.63, 3.8) is 0 Å². The fraction of sp³-hybridized carbons (Fsp3) is 0.643. The van der Waals surface area contributed by atoms with Crippen molar-refractivity contribution in [2.45, 2.75) is 54.1 Å². The molecule has 0 heterocycles. The summed E-state index contributed by atoms with van der Waals surface area (Å²) in [6.45, 7) is 18.7. The Bertz CT molecular complexity index is 271. The van der Waals surface area contributed by atoms with Gasteiger partial charge in [-0.2, -0.15) is 6.08 Å². The van der Waals surface area contributed by atoms with E-state index in [1.807, 2.05) is 48.5 Å². The van der Waals surface area contributed by atoms with Crippen LogP contribution in [0, 0.1) is 12.5 Å². The minimum Gasteiger partial charge on any atom is -0.444 e. The van der Waals surface area contributed by atoms with E-state index in [0.717, 1.165) is 5.70 Å². The maximum absolute atomic E-state index is 11.4. The first-order chi connectivity index (χ1) is 7.76. The van der Waals surface area contributed by atoms with Gasteiger partial charge in [-0.3, -0.25) is 6.58 Å². The fourth-order valence-electron chi connectivity index (χ4n) is 0.904. The van der Waals surface area contributed by atoms with Gasteiger partial charge in [0.05, 0.1) is 0 Å². The van der Waals surface area contributed by atoms with Gasteiger partial charge in [-0.1, -0.05) is 33.4 Å². The summed E-state index contributed by atoms with van der Waals surface area (Å²) in [5, 5.41) is 2.66. The number of nitrogens with one attached hydrogen (secondary N) is 1. The summed E-state index contributed by atoms with van der Waals surface area (Å²) in [5.41, 5.74) is 0.255. The second-order valence-electron chi connectivity index (χ2n) is 4.60. The van der Waals surface area contributed by atoms with Crippen LogP contribution in [0.4, 0.5) is 4.79 Å². The maximum Gasteiger partial charge on any atom is 0.410 e. The Kier molecular flexibility index (Phi) is 15.2. The third-order valence-electron chi connectivity index (χ3n) is 1.54. The molecule has 0 atom stereocenters. The monoisotopic (exact) mass is 331 g/mol. The summed E-state index contributed by atoms with van der Waals surface area (Å²) in [6, 6.07) is 0. The first-order valence-corrected chi connectivity index (χ1v) is 6.01. The maximum atomic E-state index is 11.4. The van der Waals surface area contributed by atoms with Crippen molar-refractivity contribution in [3.8, 4) is 0 Å². The van der Waals surface area contributed by atoms with Crippen LogP contribution >= 0.6 is 0 Å². The van der Waals surface area contributed by atoms with Crippen molar-refractivity contribution in [1.29, 1.82) is 0 Å². The zero-order valence-electron chi connectivity index (χ0n) is 12.7. The molecule has 0 aromatic heterocycles. The summed E-state index contributed by atoms with van der Waals surface area (Å²) >= 11 is 0. The zero-order valence-corrected chi connectivity index (χ0v) is 15.5. The molecule has 0 aromatic carbocycles. The van der Waals surface area contributed by atoms with Crippen LogP contribution in [0.15, 0.2) is 17.8 Å². The fourth-order valence-corrected chi connectivity index (χ4v) is 0.904. The van der Waals surface area contributed by atoms with Gasteiger partial charge in [-0.15, -0.1) is 0 Å². The largest absolute Gasteiger partial charge is 0.444 e. The molecule has 0 spiro atoms. The van der Waals surface area contributed by atoms with E-state index in [1.165, 1.54) is 6.08 Å². The molecule has 0 saturated carbocycles. The van der Waals surface area contributed by atoms with E-state index in [2.05, 4.69) is 5.32 Å². The molecule has 0 bridgehead atoms. The molecule has 0 aromatic rings. The third-order valence-corrected chi connectivity index (χ3v) is 1.54. The Morgan fingerprint density at radius 2 is 1.78 bits per heavy atom. The Hall–Kier alpha value is -0.146. The van der Waals surface area contributed by atoms with E-state index >= 15 is 0 Å². The molecule has 0 rings (SSSR count). The minimum absolute atomic E-state index is 0. The molecule has 3 nitrogen and oxygen atoms in total.